The van der Waals surface area contributed by atoms with E-state index in [1.165, 1.54) is 16.9 Å². The molecule has 7 nitrogen and oxygen atoms in total. The predicted octanol–water partition coefficient (Wildman–Crippen LogP) is 4.93. The van der Waals surface area contributed by atoms with E-state index in [9.17, 15) is 4.79 Å². The maximum Gasteiger partial charge on any atom is 0.271 e. The van der Waals surface area contributed by atoms with Crippen LogP contribution in [0.4, 0.5) is 0 Å². The number of thioether (sulfide) groups is 1. The molecule has 0 fully saturated rings. The number of nitrogens with zero attached hydrogens (tertiary/aromatic N) is 5. The summed E-state index contributed by atoms with van der Waals surface area (Å²) in [6.07, 6.45) is 4.12. The van der Waals surface area contributed by atoms with Crippen molar-refractivity contribution >= 4 is 29.0 Å². The van der Waals surface area contributed by atoms with Gasteiger partial charge in [-0.25, -0.2) is 4.98 Å². The number of hydrogen-bond acceptors (Lipinski definition) is 7. The lowest BCUT2D eigenvalue weighted by molar-refractivity contribution is 0.0946. The molecular weight excluding hydrogens is 476 g/mol. The lowest BCUT2D eigenvalue weighted by Crippen LogP contribution is -2.23. The van der Waals surface area contributed by atoms with Crippen molar-refractivity contribution in [3.8, 4) is 5.69 Å². The van der Waals surface area contributed by atoms with Crippen molar-refractivity contribution in [2.45, 2.75) is 23.9 Å². The smallest absolute Gasteiger partial charge is 0.271 e. The maximum atomic E-state index is 12.5. The minimum atomic E-state index is -0.195. The summed E-state index contributed by atoms with van der Waals surface area (Å²) in [6, 6.07) is 24.1. The van der Waals surface area contributed by atoms with Crippen LogP contribution >= 0.6 is 23.1 Å². The molecule has 0 bridgehead atoms. The number of pyridine rings is 1. The van der Waals surface area contributed by atoms with Gasteiger partial charge in [0, 0.05) is 36.4 Å². The van der Waals surface area contributed by atoms with Crippen molar-refractivity contribution in [2.24, 2.45) is 0 Å². The Hall–Kier alpha value is -3.82. The van der Waals surface area contributed by atoms with E-state index in [0.29, 0.717) is 24.4 Å². The minimum Gasteiger partial charge on any atom is -0.347 e. The van der Waals surface area contributed by atoms with Gasteiger partial charge in [-0.3, -0.25) is 14.3 Å². The molecule has 0 aliphatic heterocycles. The highest BCUT2D eigenvalue weighted by atomic mass is 32.2. The maximum absolute atomic E-state index is 12.5. The van der Waals surface area contributed by atoms with Crippen LogP contribution < -0.4 is 5.32 Å². The minimum absolute atomic E-state index is 0.195. The van der Waals surface area contributed by atoms with Crippen LogP contribution in [-0.4, -0.2) is 30.6 Å². The number of benzene rings is 2. The summed E-state index contributed by atoms with van der Waals surface area (Å²) in [5.74, 6) is 1.27. The number of nitrogens with one attached hydrogen (secondary N) is 1. The first-order chi connectivity index (χ1) is 17.3. The van der Waals surface area contributed by atoms with E-state index in [-0.39, 0.29) is 5.91 Å². The molecule has 5 rings (SSSR count). The van der Waals surface area contributed by atoms with Gasteiger partial charge in [-0.2, -0.15) is 0 Å². The summed E-state index contributed by atoms with van der Waals surface area (Å²) in [7, 11) is 0. The number of hydrogen-bond donors (Lipinski definition) is 1. The Kier molecular flexibility index (Phi) is 7.26. The number of aromatic nitrogens is 5. The van der Waals surface area contributed by atoms with Crippen LogP contribution in [0.15, 0.2) is 95.7 Å². The molecule has 0 saturated heterocycles. The van der Waals surface area contributed by atoms with Crippen LogP contribution in [0.1, 0.15) is 32.4 Å². The lowest BCUT2D eigenvalue weighted by atomic mass is 10.1. The molecule has 0 unspecified atom stereocenters. The van der Waals surface area contributed by atoms with Gasteiger partial charge in [-0.15, -0.1) is 21.5 Å². The van der Waals surface area contributed by atoms with Gasteiger partial charge in [0.2, 0.25) is 0 Å². The average Bonchev–Trinajstić information content (AvgIpc) is 3.55. The summed E-state index contributed by atoms with van der Waals surface area (Å²) >= 11 is 3.03. The Labute approximate surface area is 211 Å². The summed E-state index contributed by atoms with van der Waals surface area (Å²) in [6.45, 7) is 0.415. The van der Waals surface area contributed by atoms with Crippen molar-refractivity contribution in [3.05, 3.63) is 118 Å². The van der Waals surface area contributed by atoms with Gasteiger partial charge in [-0.1, -0.05) is 66.4 Å². The Morgan fingerprint density at radius 3 is 2.49 bits per heavy atom. The molecule has 0 radical (unpaired) electrons. The molecule has 2 aromatic carbocycles. The first-order valence-corrected chi connectivity index (χ1v) is 12.9. The average molecular weight is 499 g/mol. The van der Waals surface area contributed by atoms with Gasteiger partial charge in [-0.05, 0) is 29.3 Å². The lowest BCUT2D eigenvalue weighted by Gasteiger charge is -2.10. The van der Waals surface area contributed by atoms with Crippen molar-refractivity contribution in [3.63, 3.8) is 0 Å². The van der Waals surface area contributed by atoms with E-state index < -0.39 is 0 Å². The zero-order valence-corrected chi connectivity index (χ0v) is 20.4. The zero-order chi connectivity index (χ0) is 23.9. The fourth-order valence-electron chi connectivity index (χ4n) is 3.51. The van der Waals surface area contributed by atoms with Crippen LogP contribution in [-0.2, 0) is 18.7 Å². The van der Waals surface area contributed by atoms with E-state index in [1.54, 1.807) is 29.5 Å². The number of carbonyl (C=O) groups is 1. The first-order valence-electron chi connectivity index (χ1n) is 11.0. The summed E-state index contributed by atoms with van der Waals surface area (Å²) in [5.41, 5.74) is 3.55. The van der Waals surface area contributed by atoms with Crippen molar-refractivity contribution < 1.29 is 4.79 Å². The predicted molar refractivity (Wildman–Crippen MR) is 138 cm³/mol. The van der Waals surface area contributed by atoms with E-state index >= 15 is 0 Å². The van der Waals surface area contributed by atoms with E-state index in [0.717, 1.165) is 27.2 Å². The molecule has 174 valence electrons. The van der Waals surface area contributed by atoms with Crippen LogP contribution in [0.2, 0.25) is 0 Å². The second kappa shape index (κ2) is 11.1. The Morgan fingerprint density at radius 2 is 1.71 bits per heavy atom. The number of rotatable bonds is 9. The first kappa shape index (κ1) is 22.9. The fraction of sp³-hybridized carbons (Fsp3) is 0.115. The fourth-order valence-corrected chi connectivity index (χ4v) is 5.27. The highest BCUT2D eigenvalue weighted by Crippen LogP contribution is 2.27. The van der Waals surface area contributed by atoms with Crippen molar-refractivity contribution in [2.75, 3.05) is 0 Å². The topological polar surface area (TPSA) is 85.6 Å². The van der Waals surface area contributed by atoms with Crippen LogP contribution in [0.5, 0.6) is 0 Å². The SMILES string of the molecule is O=C(NCc1cccnc1)c1csc(CSc2nnc(Cc3ccccc3)n2-c2ccccc2)n1. The monoisotopic (exact) mass is 498 g/mol. The second-order valence-corrected chi connectivity index (χ2v) is 9.58. The molecular formula is C26H22N6OS2. The van der Waals surface area contributed by atoms with E-state index in [4.69, 9.17) is 0 Å². The molecule has 0 saturated carbocycles. The van der Waals surface area contributed by atoms with E-state index in [2.05, 4.69) is 54.3 Å². The van der Waals surface area contributed by atoms with Gasteiger partial charge in [0.05, 0.1) is 5.75 Å². The van der Waals surface area contributed by atoms with Gasteiger partial charge in [0.15, 0.2) is 5.16 Å². The van der Waals surface area contributed by atoms with Crippen molar-refractivity contribution in [1.82, 2.24) is 30.0 Å². The quantitative estimate of drug-likeness (QED) is 0.290. The Bertz CT molecular complexity index is 1390. The molecule has 1 amide bonds. The number of carbonyl (C=O) groups excluding carboxylic acids is 1. The Balaban J connectivity index is 1.28. The van der Waals surface area contributed by atoms with Crippen LogP contribution in [0.3, 0.4) is 0 Å². The molecule has 0 atom stereocenters. The largest absolute Gasteiger partial charge is 0.347 e. The Morgan fingerprint density at radius 1 is 0.943 bits per heavy atom. The standard InChI is InChI=1S/C26H22N6OS2/c33-25(28-16-20-10-7-13-27-15-20)22-17-34-24(29-22)18-35-26-31-30-23(14-19-8-3-1-4-9-19)32(26)21-11-5-2-6-12-21/h1-13,15,17H,14,16,18H2,(H,28,33). The second-order valence-electron chi connectivity index (χ2n) is 7.69. The molecule has 0 aliphatic rings. The number of para-hydroxylation sites is 1. The molecule has 0 aliphatic carbocycles. The highest BCUT2D eigenvalue weighted by molar-refractivity contribution is 7.98. The zero-order valence-electron chi connectivity index (χ0n) is 18.7. The van der Waals surface area contributed by atoms with Crippen molar-refractivity contribution in [1.29, 1.82) is 0 Å². The molecule has 9 heteroatoms. The third-order valence-electron chi connectivity index (χ3n) is 5.20. The summed E-state index contributed by atoms with van der Waals surface area (Å²) < 4.78 is 2.09. The number of thiazole rings is 1. The van der Waals surface area contributed by atoms with E-state index in [1.807, 2.05) is 48.5 Å². The number of amides is 1. The van der Waals surface area contributed by atoms with Crippen LogP contribution in [0.25, 0.3) is 5.69 Å². The van der Waals surface area contributed by atoms with Gasteiger partial charge in [0.25, 0.3) is 5.91 Å². The molecule has 1 N–H and O–H groups in total. The van der Waals surface area contributed by atoms with Gasteiger partial charge >= 0.3 is 0 Å². The molecule has 35 heavy (non-hydrogen) atoms. The summed E-state index contributed by atoms with van der Waals surface area (Å²) in [4.78, 5) is 21.1. The van der Waals surface area contributed by atoms with Gasteiger partial charge in [0.1, 0.15) is 16.5 Å². The molecule has 3 heterocycles. The molecule has 5 aromatic rings. The summed E-state index contributed by atoms with van der Waals surface area (Å²) in [5, 5.41) is 15.3. The third kappa shape index (κ3) is 5.82. The van der Waals surface area contributed by atoms with Gasteiger partial charge < -0.3 is 5.32 Å². The molecule has 3 aromatic heterocycles. The highest BCUT2D eigenvalue weighted by Gasteiger charge is 2.17. The molecule has 0 spiro atoms. The normalized spacial score (nSPS) is 10.9. The van der Waals surface area contributed by atoms with Crippen LogP contribution in [0, 0.1) is 0 Å². The third-order valence-corrected chi connectivity index (χ3v) is 7.18.